The number of benzene rings is 1. The molecule has 0 saturated carbocycles. The molecule has 0 aliphatic carbocycles. The van der Waals surface area contributed by atoms with E-state index < -0.39 is 45.6 Å². The van der Waals surface area contributed by atoms with Crippen LogP contribution in [0.4, 0.5) is 11.4 Å². The van der Waals surface area contributed by atoms with Crippen molar-refractivity contribution in [3.8, 4) is 5.75 Å². The summed E-state index contributed by atoms with van der Waals surface area (Å²) < 4.78 is 4.58. The molecule has 0 saturated heterocycles. The van der Waals surface area contributed by atoms with Crippen molar-refractivity contribution in [2.75, 3.05) is 6.61 Å². The molecule has 0 fully saturated rings. The molecule has 0 aliphatic rings. The number of aliphatic hydroxyl groups is 1. The first kappa shape index (κ1) is 14.5. The molecule has 0 spiro atoms. The third-order valence-electron chi connectivity index (χ3n) is 2.07. The number of aliphatic hydroxyl groups excluding tert-OH is 1. The van der Waals surface area contributed by atoms with E-state index in [0.29, 0.717) is 0 Å². The van der Waals surface area contributed by atoms with E-state index >= 15 is 0 Å². The number of hydrogen-bond donors (Lipinski definition) is 2. The molecular formula is C9H9N3O7. The minimum atomic E-state index is -1.39. The number of para-hydroxylation sites is 1. The number of carbonyl (C=O) groups is 1. The van der Waals surface area contributed by atoms with Crippen LogP contribution in [0.5, 0.6) is 5.75 Å². The fourth-order valence-electron chi connectivity index (χ4n) is 1.18. The molecule has 0 amide bonds. The van der Waals surface area contributed by atoms with Gasteiger partial charge in [0.25, 0.3) is 0 Å². The minimum absolute atomic E-state index is 0.604. The van der Waals surface area contributed by atoms with Crippen molar-refractivity contribution in [3.63, 3.8) is 0 Å². The van der Waals surface area contributed by atoms with E-state index in [2.05, 4.69) is 4.74 Å². The summed E-state index contributed by atoms with van der Waals surface area (Å²) >= 11 is 0. The smallest absolute Gasteiger partial charge is 0.388 e. The Labute approximate surface area is 105 Å². The molecular weight excluding hydrogens is 262 g/mol. The molecule has 0 unspecified atom stereocenters. The Bertz CT molecular complexity index is 531. The highest BCUT2D eigenvalue weighted by Crippen LogP contribution is 2.36. The topological polar surface area (TPSA) is 159 Å². The summed E-state index contributed by atoms with van der Waals surface area (Å²) in [5.41, 5.74) is 3.40. The number of nitro benzene ring substituents is 2. The Morgan fingerprint density at radius 2 is 2.00 bits per heavy atom. The zero-order chi connectivity index (χ0) is 14.6. The predicted molar refractivity (Wildman–Crippen MR) is 60.4 cm³/mol. The molecule has 0 aliphatic heterocycles. The normalized spacial score (nSPS) is 11.7. The monoisotopic (exact) mass is 271 g/mol. The SMILES string of the molecule is N[C@@H](CO)C(=O)Oc1cccc([N+](=O)[O-])c1[N+](=O)[O-]. The van der Waals surface area contributed by atoms with Crippen LogP contribution in [0, 0.1) is 20.2 Å². The van der Waals surface area contributed by atoms with Gasteiger partial charge in [-0.05, 0) is 6.07 Å². The van der Waals surface area contributed by atoms with E-state index in [0.717, 1.165) is 18.2 Å². The number of nitrogens with two attached hydrogens (primary N) is 1. The van der Waals surface area contributed by atoms with Crippen LogP contribution in [0.25, 0.3) is 0 Å². The maximum atomic E-state index is 11.3. The summed E-state index contributed by atoms with van der Waals surface area (Å²) in [4.78, 5) is 30.7. The van der Waals surface area contributed by atoms with Crippen LogP contribution in [0.3, 0.4) is 0 Å². The van der Waals surface area contributed by atoms with Crippen LogP contribution in [0.2, 0.25) is 0 Å². The molecule has 0 aromatic heterocycles. The summed E-state index contributed by atoms with van der Waals surface area (Å²) in [6, 6.07) is 1.66. The van der Waals surface area contributed by atoms with Gasteiger partial charge in [-0.1, -0.05) is 6.07 Å². The number of esters is 1. The summed E-state index contributed by atoms with van der Waals surface area (Å²) in [6.45, 7) is -0.721. The lowest BCUT2D eigenvalue weighted by molar-refractivity contribution is -0.423. The van der Waals surface area contributed by atoms with Crippen molar-refractivity contribution in [3.05, 3.63) is 38.4 Å². The van der Waals surface area contributed by atoms with E-state index in [4.69, 9.17) is 10.8 Å². The van der Waals surface area contributed by atoms with Crippen molar-refractivity contribution in [1.82, 2.24) is 0 Å². The first-order valence-corrected chi connectivity index (χ1v) is 4.88. The maximum Gasteiger partial charge on any atom is 0.388 e. The van der Waals surface area contributed by atoms with Crippen LogP contribution in [0.15, 0.2) is 18.2 Å². The highest BCUT2D eigenvalue weighted by molar-refractivity contribution is 5.80. The largest absolute Gasteiger partial charge is 0.418 e. The summed E-state index contributed by atoms with van der Waals surface area (Å²) in [6.07, 6.45) is 0. The van der Waals surface area contributed by atoms with Gasteiger partial charge >= 0.3 is 17.3 Å². The van der Waals surface area contributed by atoms with E-state index in [1.165, 1.54) is 0 Å². The molecule has 0 radical (unpaired) electrons. The molecule has 1 aromatic carbocycles. The first-order valence-electron chi connectivity index (χ1n) is 4.88. The Morgan fingerprint density at radius 3 is 2.47 bits per heavy atom. The number of nitro groups is 2. The molecule has 0 bridgehead atoms. The Balaban J connectivity index is 3.21. The molecule has 0 heterocycles. The Morgan fingerprint density at radius 1 is 1.37 bits per heavy atom. The average molecular weight is 271 g/mol. The lowest BCUT2D eigenvalue weighted by Gasteiger charge is -2.08. The number of nitrogens with zero attached hydrogens (tertiary/aromatic N) is 2. The fourth-order valence-corrected chi connectivity index (χ4v) is 1.18. The zero-order valence-corrected chi connectivity index (χ0v) is 9.38. The minimum Gasteiger partial charge on any atom is -0.418 e. The Kier molecular flexibility index (Phi) is 4.45. The van der Waals surface area contributed by atoms with Crippen LogP contribution < -0.4 is 10.5 Å². The van der Waals surface area contributed by atoms with Crippen LogP contribution in [0.1, 0.15) is 0 Å². The number of carbonyl (C=O) groups excluding carboxylic acids is 1. The van der Waals surface area contributed by atoms with Gasteiger partial charge in [-0.25, -0.2) is 4.79 Å². The second-order valence-corrected chi connectivity index (χ2v) is 3.35. The highest BCUT2D eigenvalue weighted by atomic mass is 16.6. The van der Waals surface area contributed by atoms with Crippen molar-refractivity contribution in [2.24, 2.45) is 5.73 Å². The van der Waals surface area contributed by atoms with Gasteiger partial charge in [0.15, 0.2) is 0 Å². The van der Waals surface area contributed by atoms with E-state index in [-0.39, 0.29) is 0 Å². The standard InChI is InChI=1S/C9H9N3O7/c10-5(4-13)9(14)19-7-3-1-2-6(11(15)16)8(7)12(17)18/h1-3,5,13H,4,10H2/t5-/m0/s1. The summed E-state index contributed by atoms with van der Waals surface area (Å²) in [7, 11) is 0. The predicted octanol–water partition coefficient (Wildman–Crippen LogP) is -0.272. The van der Waals surface area contributed by atoms with E-state index in [1.54, 1.807) is 0 Å². The van der Waals surface area contributed by atoms with Crippen molar-refractivity contribution >= 4 is 17.3 Å². The van der Waals surface area contributed by atoms with Crippen molar-refractivity contribution in [1.29, 1.82) is 0 Å². The molecule has 1 rings (SSSR count). The van der Waals surface area contributed by atoms with Gasteiger partial charge in [0.05, 0.1) is 16.5 Å². The Hall–Kier alpha value is -2.59. The van der Waals surface area contributed by atoms with Crippen LogP contribution >= 0.6 is 0 Å². The van der Waals surface area contributed by atoms with Gasteiger partial charge in [0.2, 0.25) is 5.75 Å². The van der Waals surface area contributed by atoms with Crippen molar-refractivity contribution < 1.29 is 24.5 Å². The van der Waals surface area contributed by atoms with Gasteiger partial charge in [0.1, 0.15) is 6.04 Å². The zero-order valence-electron chi connectivity index (χ0n) is 9.38. The second-order valence-electron chi connectivity index (χ2n) is 3.35. The van der Waals surface area contributed by atoms with Gasteiger partial charge < -0.3 is 15.6 Å². The van der Waals surface area contributed by atoms with Gasteiger partial charge in [-0.2, -0.15) is 0 Å². The molecule has 3 N–H and O–H groups in total. The highest BCUT2D eigenvalue weighted by Gasteiger charge is 2.31. The summed E-state index contributed by atoms with van der Waals surface area (Å²) in [5.74, 6) is -1.74. The molecule has 19 heavy (non-hydrogen) atoms. The third-order valence-corrected chi connectivity index (χ3v) is 2.07. The molecule has 10 heteroatoms. The van der Waals surface area contributed by atoms with Crippen molar-refractivity contribution in [2.45, 2.75) is 6.04 Å². The fraction of sp³-hybridized carbons (Fsp3) is 0.222. The van der Waals surface area contributed by atoms with E-state index in [1.807, 2.05) is 0 Å². The lowest BCUT2D eigenvalue weighted by Crippen LogP contribution is -2.37. The quantitative estimate of drug-likeness (QED) is 0.320. The third kappa shape index (κ3) is 3.20. The second kappa shape index (κ2) is 5.84. The number of ether oxygens (including phenoxy) is 1. The van der Waals surface area contributed by atoms with Gasteiger partial charge in [0, 0.05) is 6.07 Å². The number of rotatable bonds is 5. The summed E-state index contributed by atoms with van der Waals surface area (Å²) in [5, 5.41) is 30.1. The molecule has 102 valence electrons. The molecule has 1 atom stereocenters. The molecule has 1 aromatic rings. The van der Waals surface area contributed by atoms with Gasteiger partial charge in [-0.3, -0.25) is 20.2 Å². The maximum absolute atomic E-state index is 11.3. The van der Waals surface area contributed by atoms with Crippen LogP contribution in [-0.2, 0) is 4.79 Å². The van der Waals surface area contributed by atoms with Crippen LogP contribution in [-0.4, -0.2) is 33.6 Å². The first-order chi connectivity index (χ1) is 8.88. The number of hydrogen-bond acceptors (Lipinski definition) is 8. The molecule has 10 nitrogen and oxygen atoms in total. The average Bonchev–Trinajstić information content (AvgIpc) is 2.36. The van der Waals surface area contributed by atoms with E-state index in [9.17, 15) is 25.0 Å². The lowest BCUT2D eigenvalue weighted by atomic mass is 10.2. The van der Waals surface area contributed by atoms with Gasteiger partial charge in [-0.15, -0.1) is 0 Å².